The number of nitrogens with zero attached hydrogens (tertiary/aromatic N) is 4. The lowest BCUT2D eigenvalue weighted by molar-refractivity contribution is 0.657. The zero-order chi connectivity index (χ0) is 12.3. The van der Waals surface area contributed by atoms with Crippen molar-refractivity contribution in [2.24, 2.45) is 0 Å². The largest absolute Gasteiger partial charge is 0.394 e. The van der Waals surface area contributed by atoms with Gasteiger partial charge < -0.3 is 11.1 Å². The van der Waals surface area contributed by atoms with Crippen LogP contribution in [0.15, 0.2) is 18.6 Å². The van der Waals surface area contributed by atoms with Gasteiger partial charge in [0.15, 0.2) is 0 Å². The Labute approximate surface area is 99.9 Å². The molecule has 17 heavy (non-hydrogen) atoms. The van der Waals surface area contributed by atoms with E-state index in [-0.39, 0.29) is 0 Å². The van der Waals surface area contributed by atoms with Crippen molar-refractivity contribution in [3.05, 3.63) is 30.0 Å². The lowest BCUT2D eigenvalue weighted by Gasteiger charge is -2.08. The Bertz CT molecular complexity index is 490. The molecule has 2 aromatic rings. The Morgan fingerprint density at radius 3 is 2.94 bits per heavy atom. The van der Waals surface area contributed by atoms with E-state index in [1.54, 1.807) is 6.20 Å². The minimum absolute atomic E-state index is 0.609. The summed E-state index contributed by atoms with van der Waals surface area (Å²) in [7, 11) is 0. The van der Waals surface area contributed by atoms with Crippen LogP contribution >= 0.6 is 0 Å². The van der Waals surface area contributed by atoms with Gasteiger partial charge in [0.25, 0.3) is 0 Å². The average Bonchev–Trinajstić information content (AvgIpc) is 2.64. The van der Waals surface area contributed by atoms with Crippen LogP contribution in [0.2, 0.25) is 0 Å². The second-order valence-electron chi connectivity index (χ2n) is 3.72. The summed E-state index contributed by atoms with van der Waals surface area (Å²) in [4.78, 5) is 8.02. The van der Waals surface area contributed by atoms with Gasteiger partial charge in [0, 0.05) is 12.7 Å². The van der Waals surface area contributed by atoms with Crippen LogP contribution in [0, 0.1) is 6.92 Å². The van der Waals surface area contributed by atoms with Gasteiger partial charge in [-0.05, 0) is 19.9 Å². The summed E-state index contributed by atoms with van der Waals surface area (Å²) in [6.07, 6.45) is 3.25. The fourth-order valence-corrected chi connectivity index (χ4v) is 1.61. The molecule has 6 nitrogen and oxygen atoms in total. The average molecular weight is 232 g/mol. The van der Waals surface area contributed by atoms with Gasteiger partial charge in [0.05, 0.1) is 23.6 Å². The number of rotatable bonds is 4. The number of hydrogen-bond donors (Lipinski definition) is 2. The van der Waals surface area contributed by atoms with Crippen LogP contribution in [-0.4, -0.2) is 19.7 Å². The van der Waals surface area contributed by atoms with Gasteiger partial charge in [-0.3, -0.25) is 0 Å². The molecule has 6 heteroatoms. The molecule has 0 radical (unpaired) electrons. The Hall–Kier alpha value is -2.11. The minimum Gasteiger partial charge on any atom is -0.394 e. The Morgan fingerprint density at radius 2 is 2.29 bits per heavy atom. The molecule has 0 aromatic carbocycles. The molecule has 3 N–H and O–H groups in total. The first-order valence-electron chi connectivity index (χ1n) is 5.54. The van der Waals surface area contributed by atoms with Gasteiger partial charge in [-0.2, -0.15) is 5.10 Å². The number of nitrogen functional groups attached to an aromatic ring is 1. The molecular formula is C11H16N6. The highest BCUT2D eigenvalue weighted by atomic mass is 15.3. The van der Waals surface area contributed by atoms with Crippen molar-refractivity contribution in [3.63, 3.8) is 0 Å². The molecular weight excluding hydrogens is 216 g/mol. The summed E-state index contributed by atoms with van der Waals surface area (Å²) in [5.74, 6) is 0.851. The zero-order valence-electron chi connectivity index (χ0n) is 10.0. The Balaban J connectivity index is 2.14. The van der Waals surface area contributed by atoms with Gasteiger partial charge in [0.2, 0.25) is 0 Å². The van der Waals surface area contributed by atoms with Crippen molar-refractivity contribution < 1.29 is 0 Å². The predicted octanol–water partition coefficient (Wildman–Crippen LogP) is 1.20. The molecule has 0 aliphatic rings. The maximum atomic E-state index is 5.96. The second-order valence-corrected chi connectivity index (χ2v) is 3.72. The Morgan fingerprint density at radius 1 is 1.47 bits per heavy atom. The van der Waals surface area contributed by atoms with Crippen molar-refractivity contribution in [2.45, 2.75) is 26.9 Å². The third-order valence-corrected chi connectivity index (χ3v) is 2.55. The molecule has 90 valence electrons. The molecule has 0 atom stereocenters. The van der Waals surface area contributed by atoms with Gasteiger partial charge in [0.1, 0.15) is 12.1 Å². The van der Waals surface area contributed by atoms with E-state index < -0.39 is 0 Å². The smallest absolute Gasteiger partial charge is 0.148 e. The van der Waals surface area contributed by atoms with Crippen molar-refractivity contribution in [2.75, 3.05) is 11.1 Å². The fraction of sp³-hybridized carbons (Fsp3) is 0.364. The van der Waals surface area contributed by atoms with Gasteiger partial charge in [-0.15, -0.1) is 0 Å². The molecule has 0 aliphatic heterocycles. The van der Waals surface area contributed by atoms with Gasteiger partial charge in [-0.25, -0.2) is 14.6 Å². The summed E-state index contributed by atoms with van der Waals surface area (Å²) in [5.41, 5.74) is 8.42. The molecule has 0 unspecified atom stereocenters. The normalized spacial score (nSPS) is 10.5. The summed E-state index contributed by atoms with van der Waals surface area (Å²) in [5, 5.41) is 7.59. The molecule has 2 rings (SSSR count). The molecule has 2 heterocycles. The van der Waals surface area contributed by atoms with Crippen LogP contribution in [0.1, 0.15) is 18.3 Å². The van der Waals surface area contributed by atoms with Crippen LogP contribution < -0.4 is 11.1 Å². The monoisotopic (exact) mass is 232 g/mol. The quantitative estimate of drug-likeness (QED) is 0.827. The predicted molar refractivity (Wildman–Crippen MR) is 66.4 cm³/mol. The standard InChI is InChI=1S/C11H16N6/c1-3-17-11(10(12)8(2)16-17)14-6-9-4-5-13-7-15-9/h4-5,7,14H,3,6,12H2,1-2H3. The number of aryl methyl sites for hydroxylation is 2. The van der Waals surface area contributed by atoms with E-state index >= 15 is 0 Å². The van der Waals surface area contributed by atoms with Crippen LogP contribution in [0.25, 0.3) is 0 Å². The third kappa shape index (κ3) is 2.35. The molecule has 0 fully saturated rings. The first-order chi connectivity index (χ1) is 8.22. The summed E-state index contributed by atoms with van der Waals surface area (Å²) in [6, 6.07) is 1.86. The van der Waals surface area contributed by atoms with Crippen LogP contribution in [-0.2, 0) is 13.1 Å². The summed E-state index contributed by atoms with van der Waals surface area (Å²) >= 11 is 0. The topological polar surface area (TPSA) is 81.7 Å². The third-order valence-electron chi connectivity index (χ3n) is 2.55. The number of anilines is 2. The highest BCUT2D eigenvalue weighted by Gasteiger charge is 2.10. The highest BCUT2D eigenvalue weighted by molar-refractivity contribution is 5.64. The van der Waals surface area contributed by atoms with E-state index in [9.17, 15) is 0 Å². The molecule has 0 saturated heterocycles. The van der Waals surface area contributed by atoms with Crippen molar-refractivity contribution >= 4 is 11.5 Å². The van der Waals surface area contributed by atoms with E-state index in [1.165, 1.54) is 6.33 Å². The maximum absolute atomic E-state index is 5.96. The number of nitrogens with one attached hydrogen (secondary N) is 1. The Kier molecular flexibility index (Phi) is 3.22. The number of hydrogen-bond acceptors (Lipinski definition) is 5. The van der Waals surface area contributed by atoms with E-state index in [0.717, 1.165) is 23.8 Å². The van der Waals surface area contributed by atoms with E-state index in [1.807, 2.05) is 24.6 Å². The van der Waals surface area contributed by atoms with Crippen LogP contribution in [0.4, 0.5) is 11.5 Å². The second kappa shape index (κ2) is 4.82. The van der Waals surface area contributed by atoms with Crippen molar-refractivity contribution in [3.8, 4) is 0 Å². The minimum atomic E-state index is 0.609. The first-order valence-corrected chi connectivity index (χ1v) is 5.54. The number of nitrogens with two attached hydrogens (primary N) is 1. The molecule has 0 saturated carbocycles. The molecule has 2 aromatic heterocycles. The van der Waals surface area contributed by atoms with E-state index in [2.05, 4.69) is 20.4 Å². The summed E-state index contributed by atoms with van der Waals surface area (Å²) < 4.78 is 1.85. The fourth-order valence-electron chi connectivity index (χ4n) is 1.61. The zero-order valence-corrected chi connectivity index (χ0v) is 10.0. The highest BCUT2D eigenvalue weighted by Crippen LogP contribution is 2.22. The van der Waals surface area contributed by atoms with Gasteiger partial charge >= 0.3 is 0 Å². The summed E-state index contributed by atoms with van der Waals surface area (Å²) in [6.45, 7) is 5.32. The van der Waals surface area contributed by atoms with E-state index in [0.29, 0.717) is 12.2 Å². The maximum Gasteiger partial charge on any atom is 0.148 e. The van der Waals surface area contributed by atoms with Crippen molar-refractivity contribution in [1.29, 1.82) is 0 Å². The van der Waals surface area contributed by atoms with Gasteiger partial charge in [-0.1, -0.05) is 0 Å². The lowest BCUT2D eigenvalue weighted by Crippen LogP contribution is -2.09. The van der Waals surface area contributed by atoms with E-state index in [4.69, 9.17) is 5.73 Å². The molecule has 0 amide bonds. The molecule has 0 aliphatic carbocycles. The van der Waals surface area contributed by atoms with Crippen LogP contribution in [0.3, 0.4) is 0 Å². The first kappa shape index (κ1) is 11.4. The van der Waals surface area contributed by atoms with Crippen LogP contribution in [0.5, 0.6) is 0 Å². The lowest BCUT2D eigenvalue weighted by atomic mass is 10.3. The number of aromatic nitrogens is 4. The van der Waals surface area contributed by atoms with Crippen molar-refractivity contribution in [1.82, 2.24) is 19.7 Å². The SMILES string of the molecule is CCn1nc(C)c(N)c1NCc1ccncn1. The molecule has 0 bridgehead atoms. The molecule has 0 spiro atoms.